The third-order valence-corrected chi connectivity index (χ3v) is 2.08. The lowest BCUT2D eigenvalue weighted by Gasteiger charge is -2.09. The molecule has 14 heavy (non-hydrogen) atoms. The zero-order chi connectivity index (χ0) is 10.6. The number of benzene rings is 1. The molecule has 0 radical (unpaired) electrons. The Hall–Kier alpha value is -1.06. The molecule has 0 aliphatic carbocycles. The van der Waals surface area contributed by atoms with E-state index in [1.807, 2.05) is 19.1 Å². The second-order valence-corrected chi connectivity index (χ2v) is 3.32. The van der Waals surface area contributed by atoms with E-state index < -0.39 is 0 Å². The Balaban J connectivity index is 2.80. The quantitative estimate of drug-likeness (QED) is 0.836. The third-order valence-electron chi connectivity index (χ3n) is 1.76. The highest BCUT2D eigenvalue weighted by atomic mass is 35.5. The predicted octanol–water partition coefficient (Wildman–Crippen LogP) is 2.23. The van der Waals surface area contributed by atoms with E-state index in [9.17, 15) is 4.79 Å². The fourth-order valence-electron chi connectivity index (χ4n) is 1.10. The van der Waals surface area contributed by atoms with Gasteiger partial charge in [0.05, 0.1) is 10.7 Å². The zero-order valence-electron chi connectivity index (χ0n) is 8.13. The van der Waals surface area contributed by atoms with Crippen molar-refractivity contribution in [2.45, 2.75) is 6.92 Å². The van der Waals surface area contributed by atoms with Crippen LogP contribution in [0.3, 0.4) is 0 Å². The number of amides is 1. The maximum Gasteiger partial charge on any atom is 0.250 e. The summed E-state index contributed by atoms with van der Waals surface area (Å²) in [6.45, 7) is 1.92. The van der Waals surface area contributed by atoms with E-state index in [1.54, 1.807) is 6.07 Å². The molecule has 0 saturated heterocycles. The Kier molecular flexibility index (Phi) is 3.92. The van der Waals surface area contributed by atoms with E-state index in [4.69, 9.17) is 16.3 Å². The molecule has 3 nitrogen and oxygen atoms in total. The molecular formula is C10H12ClNO2. The molecule has 0 atom stereocenters. The van der Waals surface area contributed by atoms with Gasteiger partial charge in [0, 0.05) is 7.11 Å². The first-order valence-electron chi connectivity index (χ1n) is 4.19. The van der Waals surface area contributed by atoms with E-state index in [0.717, 1.165) is 5.56 Å². The predicted molar refractivity (Wildman–Crippen MR) is 56.7 cm³/mol. The van der Waals surface area contributed by atoms with Gasteiger partial charge in [0.2, 0.25) is 5.91 Å². The lowest BCUT2D eigenvalue weighted by Crippen LogP contribution is -2.17. The number of carbonyl (C=O) groups is 1. The zero-order valence-corrected chi connectivity index (χ0v) is 8.89. The van der Waals surface area contributed by atoms with Crippen molar-refractivity contribution in [2.24, 2.45) is 0 Å². The Morgan fingerprint density at radius 1 is 1.57 bits per heavy atom. The van der Waals surface area contributed by atoms with Gasteiger partial charge in [-0.1, -0.05) is 23.7 Å². The molecule has 0 aromatic heterocycles. The minimum Gasteiger partial charge on any atom is -0.375 e. The second kappa shape index (κ2) is 4.98. The Morgan fingerprint density at radius 2 is 2.29 bits per heavy atom. The van der Waals surface area contributed by atoms with Crippen LogP contribution < -0.4 is 5.32 Å². The van der Waals surface area contributed by atoms with Crippen LogP contribution in [0.1, 0.15) is 5.56 Å². The number of halogens is 1. The molecule has 76 valence electrons. The summed E-state index contributed by atoms with van der Waals surface area (Å²) in [5, 5.41) is 3.22. The van der Waals surface area contributed by atoms with Gasteiger partial charge in [-0.15, -0.1) is 0 Å². The molecule has 0 heterocycles. The molecule has 1 aromatic carbocycles. The minimum atomic E-state index is -0.205. The van der Waals surface area contributed by atoms with Gasteiger partial charge in [0.15, 0.2) is 0 Å². The summed E-state index contributed by atoms with van der Waals surface area (Å²) in [5.41, 5.74) is 1.58. The second-order valence-electron chi connectivity index (χ2n) is 2.91. The maximum atomic E-state index is 11.2. The highest BCUT2D eigenvalue weighted by Crippen LogP contribution is 2.24. The van der Waals surface area contributed by atoms with Crippen molar-refractivity contribution in [1.29, 1.82) is 0 Å². The summed E-state index contributed by atoms with van der Waals surface area (Å²) < 4.78 is 4.70. The largest absolute Gasteiger partial charge is 0.375 e. The first kappa shape index (κ1) is 11.0. The molecule has 0 saturated carbocycles. The number of hydrogen-bond acceptors (Lipinski definition) is 2. The highest BCUT2D eigenvalue weighted by molar-refractivity contribution is 6.33. The van der Waals surface area contributed by atoms with Crippen LogP contribution in [-0.4, -0.2) is 19.6 Å². The minimum absolute atomic E-state index is 0.0324. The van der Waals surface area contributed by atoms with Crippen molar-refractivity contribution < 1.29 is 9.53 Å². The van der Waals surface area contributed by atoms with Crippen molar-refractivity contribution in [3.8, 4) is 0 Å². The molecule has 0 fully saturated rings. The van der Waals surface area contributed by atoms with Crippen molar-refractivity contribution in [2.75, 3.05) is 19.0 Å². The number of nitrogens with one attached hydrogen (secondary N) is 1. The van der Waals surface area contributed by atoms with E-state index in [0.29, 0.717) is 10.7 Å². The molecule has 1 N–H and O–H groups in total. The van der Waals surface area contributed by atoms with E-state index >= 15 is 0 Å². The van der Waals surface area contributed by atoms with Gasteiger partial charge in [-0.05, 0) is 18.6 Å². The number of para-hydroxylation sites is 1. The summed E-state index contributed by atoms with van der Waals surface area (Å²) >= 11 is 5.92. The van der Waals surface area contributed by atoms with Crippen molar-refractivity contribution in [3.05, 3.63) is 28.8 Å². The van der Waals surface area contributed by atoms with Crippen LogP contribution in [0.25, 0.3) is 0 Å². The molecule has 0 bridgehead atoms. The van der Waals surface area contributed by atoms with Gasteiger partial charge in [-0.3, -0.25) is 4.79 Å². The number of hydrogen-bond donors (Lipinski definition) is 1. The third kappa shape index (κ3) is 2.72. The fourth-order valence-corrected chi connectivity index (χ4v) is 1.37. The monoisotopic (exact) mass is 213 g/mol. The molecule has 0 aliphatic heterocycles. The molecular weight excluding hydrogens is 202 g/mol. The first-order chi connectivity index (χ1) is 6.65. The highest BCUT2D eigenvalue weighted by Gasteiger charge is 2.07. The number of aryl methyl sites for hydroxylation is 1. The van der Waals surface area contributed by atoms with Crippen LogP contribution in [0.15, 0.2) is 18.2 Å². The normalized spacial score (nSPS) is 9.93. The summed E-state index contributed by atoms with van der Waals surface area (Å²) in [6.07, 6.45) is 0. The molecule has 4 heteroatoms. The van der Waals surface area contributed by atoms with Crippen LogP contribution in [-0.2, 0) is 9.53 Å². The topological polar surface area (TPSA) is 38.3 Å². The van der Waals surface area contributed by atoms with Crippen LogP contribution in [0.5, 0.6) is 0 Å². The summed E-state index contributed by atoms with van der Waals surface area (Å²) in [6, 6.07) is 5.45. The molecule has 0 aliphatic rings. The molecule has 1 aromatic rings. The maximum absolute atomic E-state index is 11.2. The summed E-state index contributed by atoms with van der Waals surface area (Å²) in [4.78, 5) is 11.2. The van der Waals surface area contributed by atoms with E-state index in [2.05, 4.69) is 5.32 Å². The number of rotatable bonds is 3. The van der Waals surface area contributed by atoms with Crippen LogP contribution in [0.4, 0.5) is 5.69 Å². The van der Waals surface area contributed by atoms with Crippen LogP contribution in [0, 0.1) is 6.92 Å². The molecule has 0 spiro atoms. The number of anilines is 1. The SMILES string of the molecule is COCC(=O)Nc1c(C)cccc1Cl. The molecule has 0 unspecified atom stereocenters. The summed E-state index contributed by atoms with van der Waals surface area (Å²) in [7, 11) is 1.47. The molecule has 1 amide bonds. The molecule has 1 rings (SSSR count). The Morgan fingerprint density at radius 3 is 2.86 bits per heavy atom. The number of ether oxygens (including phenoxy) is 1. The number of methoxy groups -OCH3 is 1. The number of carbonyl (C=O) groups excluding carboxylic acids is 1. The first-order valence-corrected chi connectivity index (χ1v) is 4.57. The van der Waals surface area contributed by atoms with Crippen LogP contribution >= 0.6 is 11.6 Å². The lowest BCUT2D eigenvalue weighted by molar-refractivity contribution is -0.119. The van der Waals surface area contributed by atoms with Gasteiger partial charge in [-0.25, -0.2) is 0 Å². The van der Waals surface area contributed by atoms with E-state index in [1.165, 1.54) is 7.11 Å². The van der Waals surface area contributed by atoms with Crippen molar-refractivity contribution in [3.63, 3.8) is 0 Å². The standard InChI is InChI=1S/C10H12ClNO2/c1-7-4-3-5-8(11)10(7)12-9(13)6-14-2/h3-5H,6H2,1-2H3,(H,12,13). The average Bonchev–Trinajstić information content (AvgIpc) is 2.12. The smallest absolute Gasteiger partial charge is 0.250 e. The van der Waals surface area contributed by atoms with Crippen molar-refractivity contribution in [1.82, 2.24) is 0 Å². The fraction of sp³-hybridized carbons (Fsp3) is 0.300. The van der Waals surface area contributed by atoms with Gasteiger partial charge >= 0.3 is 0 Å². The lowest BCUT2D eigenvalue weighted by atomic mass is 10.2. The van der Waals surface area contributed by atoms with Crippen LogP contribution in [0.2, 0.25) is 5.02 Å². The van der Waals surface area contributed by atoms with E-state index in [-0.39, 0.29) is 12.5 Å². The van der Waals surface area contributed by atoms with Gasteiger partial charge < -0.3 is 10.1 Å². The Bertz CT molecular complexity index is 319. The average molecular weight is 214 g/mol. The van der Waals surface area contributed by atoms with Gasteiger partial charge in [-0.2, -0.15) is 0 Å². The van der Waals surface area contributed by atoms with Gasteiger partial charge in [0.1, 0.15) is 6.61 Å². The van der Waals surface area contributed by atoms with Crippen molar-refractivity contribution >= 4 is 23.2 Å². The van der Waals surface area contributed by atoms with Gasteiger partial charge in [0.25, 0.3) is 0 Å². The Labute approximate surface area is 88.0 Å². The summed E-state index contributed by atoms with van der Waals surface area (Å²) in [5.74, 6) is -0.205.